The number of ether oxygens (including phenoxy) is 1. The zero-order valence-corrected chi connectivity index (χ0v) is 38.7. The van der Waals surface area contributed by atoms with Gasteiger partial charge in [0.1, 0.15) is 0 Å². The molecule has 8 heteroatoms. The summed E-state index contributed by atoms with van der Waals surface area (Å²) in [6.07, 6.45) is 0. The van der Waals surface area contributed by atoms with E-state index >= 15 is 0 Å². The van der Waals surface area contributed by atoms with Gasteiger partial charge >= 0.3 is 328 Å². The fourth-order valence-corrected chi connectivity index (χ4v) is 11.1. The van der Waals surface area contributed by atoms with Crippen molar-refractivity contribution in [3.63, 3.8) is 0 Å². The van der Waals surface area contributed by atoms with Gasteiger partial charge in [-0.2, -0.15) is 0 Å². The Morgan fingerprint density at radius 2 is 1.10 bits per heavy atom. The molecular formula is C60H40BN5OPt. The zero-order valence-electron chi connectivity index (χ0n) is 39.4. The topological polar surface area (TPSA) is 40.1 Å². The van der Waals surface area contributed by atoms with Gasteiger partial charge in [-0.3, -0.25) is 0 Å². The second-order valence-electron chi connectivity index (χ2n) is 16.8. The van der Waals surface area contributed by atoms with Crippen LogP contribution in [0.25, 0.3) is 77.6 Å². The fourth-order valence-electron chi connectivity index (χ4n) is 10.1. The normalized spacial score (nSPS) is 12.8. The molecule has 0 atom stereocenters. The van der Waals surface area contributed by atoms with E-state index in [0.717, 1.165) is 76.1 Å². The van der Waals surface area contributed by atoms with E-state index in [-0.39, 0.29) is 36.7 Å². The number of hydrogen-bond donors (Lipinski definition) is 0. The van der Waals surface area contributed by atoms with Crippen LogP contribution in [-0.4, -0.2) is 25.6 Å². The summed E-state index contributed by atoms with van der Waals surface area (Å²) in [5.74, 6) is 1.05. The number of pyridine rings is 1. The van der Waals surface area contributed by atoms with Crippen LogP contribution in [0.4, 0.5) is 11.5 Å². The Hall–Kier alpha value is -8.25. The first-order valence-corrected chi connectivity index (χ1v) is 23.7. The van der Waals surface area contributed by atoms with Gasteiger partial charge in [0.05, 0.1) is 0 Å². The molecule has 6 nitrogen and oxygen atoms in total. The van der Waals surface area contributed by atoms with E-state index in [2.05, 4.69) is 197 Å². The van der Waals surface area contributed by atoms with Crippen LogP contribution in [0.5, 0.6) is 11.6 Å². The number of nitrogens with zero attached hydrogens (tertiary/aromatic N) is 5. The molecule has 0 bridgehead atoms. The van der Waals surface area contributed by atoms with Crippen LogP contribution < -0.4 is 15.0 Å². The molecule has 0 fully saturated rings. The molecule has 68 heavy (non-hydrogen) atoms. The second-order valence-corrected chi connectivity index (χ2v) is 17.9. The van der Waals surface area contributed by atoms with Crippen molar-refractivity contribution in [1.82, 2.24) is 18.6 Å². The Labute approximate surface area is 409 Å². The number of rotatable bonds is 9. The van der Waals surface area contributed by atoms with Crippen molar-refractivity contribution >= 4 is 56.8 Å². The molecule has 0 saturated heterocycles. The Bertz CT molecular complexity index is 4120. The van der Waals surface area contributed by atoms with E-state index in [4.69, 9.17) is 9.72 Å². The SMILES string of the molecule is [2H]c1c(Oc2cccc(N3B(c4ccccc4)n4c5ccccc5c5cccc3c54)n2)cc(-n2[c](=[Pt])n(-c3c(-c4ccccc4)cccc3-c3cccc(-c4ccccc4)c3)c3ccccc32)c([2H])c1[2H]. The van der Waals surface area contributed by atoms with Gasteiger partial charge in [0.15, 0.2) is 0 Å². The maximum absolute atomic E-state index is 9.49. The van der Waals surface area contributed by atoms with Gasteiger partial charge in [0, 0.05) is 16.3 Å². The second kappa shape index (κ2) is 16.6. The third-order valence-corrected chi connectivity index (χ3v) is 14.0. The van der Waals surface area contributed by atoms with E-state index < -0.39 is 0 Å². The average molecular weight is 1060 g/mol. The van der Waals surface area contributed by atoms with Crippen molar-refractivity contribution < 1.29 is 28.2 Å². The number of imidazole rings is 1. The third kappa shape index (κ3) is 6.61. The van der Waals surface area contributed by atoms with Gasteiger partial charge in [0.25, 0.3) is 0 Å². The van der Waals surface area contributed by atoms with Crippen molar-refractivity contribution in [2.45, 2.75) is 0 Å². The molecule has 0 spiro atoms. The number of benzene rings is 9. The Kier molecular flexibility index (Phi) is 8.99. The molecule has 9 aromatic carbocycles. The third-order valence-electron chi connectivity index (χ3n) is 12.9. The number of hydrogen-bond acceptors (Lipinski definition) is 3. The molecule has 1 aliphatic heterocycles. The standard InChI is InChI=1S/C60H40BN5O.Pt/c1-4-19-42(20-5-1)44-23-14-24-45(39-44)50-31-16-30-49(43-21-6-2-7-22-43)59(50)64-41-63(54-34-12-13-35-55(54)64)47-27-15-28-48(40-47)67-58-38-18-37-57(62-58)65-56-36-17-32-52-51-29-10-11-33-53(51)66(60(52)56)61(65)46-25-8-3-9-26-46;/h1-40H;/i15D,27D,28D;. The van der Waals surface area contributed by atoms with E-state index in [0.29, 0.717) is 11.5 Å². The van der Waals surface area contributed by atoms with Crippen LogP contribution in [0.3, 0.4) is 0 Å². The van der Waals surface area contributed by atoms with Gasteiger partial charge in [-0.05, 0) is 6.07 Å². The van der Waals surface area contributed by atoms with Crippen LogP contribution in [0.1, 0.15) is 4.11 Å². The van der Waals surface area contributed by atoms with E-state index in [1.165, 1.54) is 10.8 Å². The number of anilines is 2. The molecule has 0 radical (unpaired) electrons. The molecule has 0 saturated carbocycles. The quantitative estimate of drug-likeness (QED) is 0.135. The Balaban J connectivity index is 0.954. The minimum atomic E-state index is -0.251. The molecule has 13 rings (SSSR count). The van der Waals surface area contributed by atoms with Crippen molar-refractivity contribution in [2.75, 3.05) is 4.81 Å². The van der Waals surface area contributed by atoms with Crippen LogP contribution in [0.15, 0.2) is 243 Å². The number of para-hydroxylation sites is 5. The van der Waals surface area contributed by atoms with Crippen molar-refractivity contribution in [3.8, 4) is 56.4 Å². The monoisotopic (exact) mass is 1060 g/mol. The average Bonchev–Trinajstić information content (AvgIpc) is 4.06. The summed E-state index contributed by atoms with van der Waals surface area (Å²) < 4.78 is 42.0. The maximum atomic E-state index is 9.49. The van der Waals surface area contributed by atoms with Gasteiger partial charge in [-0.25, -0.2) is 0 Å². The van der Waals surface area contributed by atoms with Crippen LogP contribution >= 0.6 is 0 Å². The summed E-state index contributed by atoms with van der Waals surface area (Å²) in [4.78, 5) is 7.40. The first-order valence-electron chi connectivity index (χ1n) is 24.1. The molecule has 4 heterocycles. The summed E-state index contributed by atoms with van der Waals surface area (Å²) >= 11 is 2.35. The minimum absolute atomic E-state index is 0.0904. The molecule has 3 aromatic heterocycles. The molecule has 0 amide bonds. The van der Waals surface area contributed by atoms with E-state index in [1.54, 1.807) is 12.1 Å². The predicted octanol–water partition coefficient (Wildman–Crippen LogP) is 14.2. The summed E-state index contributed by atoms with van der Waals surface area (Å²) in [5, 5.41) is 2.37. The number of fused-ring (bicyclic) bond motifs is 4. The molecule has 1 aliphatic rings. The number of aromatic nitrogens is 4. The van der Waals surface area contributed by atoms with Crippen molar-refractivity contribution in [3.05, 3.63) is 246 Å². The molecule has 324 valence electrons. The molecule has 12 aromatic rings. The summed E-state index contributed by atoms with van der Waals surface area (Å²) in [5.41, 5.74) is 13.9. The van der Waals surface area contributed by atoms with Crippen molar-refractivity contribution in [1.29, 1.82) is 0 Å². The van der Waals surface area contributed by atoms with Gasteiger partial charge in [0.2, 0.25) is 0 Å². The predicted molar refractivity (Wildman–Crippen MR) is 275 cm³/mol. The molecule has 0 N–H and O–H groups in total. The zero-order chi connectivity index (χ0) is 47.7. The van der Waals surface area contributed by atoms with Crippen LogP contribution in [0, 0.1) is 3.80 Å². The van der Waals surface area contributed by atoms with Crippen molar-refractivity contribution in [2.24, 2.45) is 0 Å². The summed E-state index contributed by atoms with van der Waals surface area (Å²) in [6, 6.07) is 76.4. The fraction of sp³-hybridized carbons (Fsp3) is 0. The Morgan fingerprint density at radius 3 is 1.90 bits per heavy atom. The summed E-state index contributed by atoms with van der Waals surface area (Å²) in [6.45, 7) is -0.240. The van der Waals surface area contributed by atoms with E-state index in [9.17, 15) is 4.11 Å². The molecular weight excluding hydrogens is 1010 g/mol. The van der Waals surface area contributed by atoms with Crippen LogP contribution in [-0.2, 0) is 19.4 Å². The first kappa shape index (κ1) is 36.9. The van der Waals surface area contributed by atoms with Gasteiger partial charge in [-0.15, -0.1) is 0 Å². The van der Waals surface area contributed by atoms with Gasteiger partial charge in [-0.1, -0.05) is 60.7 Å². The summed E-state index contributed by atoms with van der Waals surface area (Å²) in [7, 11) is 0. The molecule has 0 unspecified atom stereocenters. The molecule has 0 aliphatic carbocycles. The first-order chi connectivity index (χ1) is 34.9. The van der Waals surface area contributed by atoms with E-state index in [1.807, 2.05) is 53.1 Å². The van der Waals surface area contributed by atoms with Gasteiger partial charge < -0.3 is 0 Å². The Morgan fingerprint density at radius 1 is 0.500 bits per heavy atom. The van der Waals surface area contributed by atoms with Crippen LogP contribution in [0.2, 0.25) is 0 Å².